The van der Waals surface area contributed by atoms with E-state index in [4.69, 9.17) is 21.1 Å². The Labute approximate surface area is 187 Å². The molecule has 0 fully saturated rings. The summed E-state index contributed by atoms with van der Waals surface area (Å²) in [6, 6.07) is 15.8. The highest BCUT2D eigenvalue weighted by atomic mass is 35.5. The summed E-state index contributed by atoms with van der Waals surface area (Å²) in [5.41, 5.74) is 5.03. The number of nitrogens with one attached hydrogen (secondary N) is 1. The van der Waals surface area contributed by atoms with E-state index in [1.165, 1.54) is 0 Å². The van der Waals surface area contributed by atoms with Crippen LogP contribution in [0.15, 0.2) is 54.6 Å². The minimum atomic E-state index is -0.544. The average molecular weight is 438 g/mol. The number of ether oxygens (including phenoxy) is 2. The molecule has 0 aliphatic rings. The van der Waals surface area contributed by atoms with Gasteiger partial charge in [0.2, 0.25) is 0 Å². The van der Waals surface area contributed by atoms with Crippen molar-refractivity contribution in [3.63, 3.8) is 0 Å². The summed E-state index contributed by atoms with van der Waals surface area (Å²) in [6.45, 7) is 7.41. The second-order valence-corrected chi connectivity index (χ2v) is 7.81. The van der Waals surface area contributed by atoms with Gasteiger partial charge >= 0.3 is 5.97 Å². The van der Waals surface area contributed by atoms with Crippen LogP contribution in [0.1, 0.15) is 32.6 Å². The maximum Gasteiger partial charge on any atom is 0.349 e. The van der Waals surface area contributed by atoms with Gasteiger partial charge in [0.25, 0.3) is 5.91 Å². The highest BCUT2D eigenvalue weighted by Gasteiger charge is 2.11. The third kappa shape index (κ3) is 5.86. The molecule has 0 heterocycles. The van der Waals surface area contributed by atoms with Gasteiger partial charge in [-0.1, -0.05) is 23.7 Å². The van der Waals surface area contributed by atoms with Crippen LogP contribution in [0.3, 0.4) is 0 Å². The number of hydrogen-bond donors (Lipinski definition) is 1. The topological polar surface area (TPSA) is 64.6 Å². The second-order valence-electron chi connectivity index (χ2n) is 7.43. The van der Waals surface area contributed by atoms with Crippen LogP contribution < -0.4 is 14.8 Å². The van der Waals surface area contributed by atoms with Crippen molar-refractivity contribution in [2.45, 2.75) is 27.7 Å². The number of carbonyl (C=O) groups excluding carboxylic acids is 2. The molecule has 3 aromatic rings. The molecular weight excluding hydrogens is 414 g/mol. The van der Waals surface area contributed by atoms with E-state index >= 15 is 0 Å². The van der Waals surface area contributed by atoms with E-state index < -0.39 is 5.97 Å². The van der Waals surface area contributed by atoms with E-state index in [-0.39, 0.29) is 12.5 Å². The van der Waals surface area contributed by atoms with Crippen LogP contribution in [0.5, 0.6) is 11.5 Å². The first-order valence-corrected chi connectivity index (χ1v) is 10.2. The molecule has 0 saturated heterocycles. The molecule has 3 aromatic carbocycles. The number of anilines is 1. The van der Waals surface area contributed by atoms with Crippen LogP contribution in [0.25, 0.3) is 0 Å². The molecule has 5 nitrogen and oxygen atoms in total. The molecule has 0 aliphatic carbocycles. The minimum Gasteiger partial charge on any atom is -0.482 e. The maximum atomic E-state index is 12.5. The molecule has 31 heavy (non-hydrogen) atoms. The Morgan fingerprint density at radius 3 is 2.13 bits per heavy atom. The van der Waals surface area contributed by atoms with Gasteiger partial charge in [-0.25, -0.2) is 4.79 Å². The largest absolute Gasteiger partial charge is 0.482 e. The molecule has 1 amide bonds. The summed E-state index contributed by atoms with van der Waals surface area (Å²) < 4.78 is 10.8. The first-order chi connectivity index (χ1) is 14.7. The zero-order valence-corrected chi connectivity index (χ0v) is 18.7. The van der Waals surface area contributed by atoms with Crippen molar-refractivity contribution in [2.24, 2.45) is 0 Å². The van der Waals surface area contributed by atoms with Gasteiger partial charge in [0, 0.05) is 16.3 Å². The fraction of sp³-hybridized carbons (Fsp3) is 0.200. The minimum absolute atomic E-state index is 0.233. The van der Waals surface area contributed by atoms with Crippen molar-refractivity contribution in [1.29, 1.82) is 0 Å². The van der Waals surface area contributed by atoms with E-state index in [0.717, 1.165) is 27.9 Å². The van der Waals surface area contributed by atoms with Crippen LogP contribution in [0, 0.1) is 27.7 Å². The van der Waals surface area contributed by atoms with Crippen LogP contribution >= 0.6 is 11.6 Å². The number of carbonyl (C=O) groups is 2. The fourth-order valence-electron chi connectivity index (χ4n) is 3.03. The van der Waals surface area contributed by atoms with Crippen LogP contribution in [0.2, 0.25) is 5.02 Å². The standard InChI is InChI=1S/C25H24ClNO4/c1-15-5-6-16(2)22(11-15)27-25(29)19-7-9-20(10-8-19)31-23(28)14-30-21-12-17(3)24(26)18(4)13-21/h5-13H,14H2,1-4H3,(H,27,29). The molecule has 0 bridgehead atoms. The highest BCUT2D eigenvalue weighted by molar-refractivity contribution is 6.32. The first kappa shape index (κ1) is 22.4. The molecule has 0 aliphatic heterocycles. The molecule has 3 rings (SSSR count). The lowest BCUT2D eigenvalue weighted by Crippen LogP contribution is -2.18. The Kier molecular flexibility index (Phi) is 6.98. The molecule has 0 unspecified atom stereocenters. The van der Waals surface area contributed by atoms with E-state index in [1.54, 1.807) is 36.4 Å². The normalized spacial score (nSPS) is 10.5. The van der Waals surface area contributed by atoms with E-state index in [0.29, 0.717) is 22.1 Å². The lowest BCUT2D eigenvalue weighted by molar-refractivity contribution is -0.136. The molecule has 0 atom stereocenters. The Hall–Kier alpha value is -3.31. The van der Waals surface area contributed by atoms with Gasteiger partial charge < -0.3 is 14.8 Å². The van der Waals surface area contributed by atoms with Crippen molar-refractivity contribution in [3.05, 3.63) is 87.4 Å². The summed E-state index contributed by atoms with van der Waals surface area (Å²) in [4.78, 5) is 24.6. The van der Waals surface area contributed by atoms with Gasteiger partial charge in [-0.15, -0.1) is 0 Å². The van der Waals surface area contributed by atoms with Crippen molar-refractivity contribution in [2.75, 3.05) is 11.9 Å². The lowest BCUT2D eigenvalue weighted by atomic mass is 10.1. The van der Waals surface area contributed by atoms with Crippen LogP contribution in [-0.2, 0) is 4.79 Å². The Balaban J connectivity index is 1.56. The summed E-state index contributed by atoms with van der Waals surface area (Å²) in [5.74, 6) is 0.108. The summed E-state index contributed by atoms with van der Waals surface area (Å²) in [5, 5.41) is 3.58. The molecular formula is C25H24ClNO4. The molecule has 0 aromatic heterocycles. The zero-order chi connectivity index (χ0) is 22.5. The maximum absolute atomic E-state index is 12.5. The van der Waals surface area contributed by atoms with Crippen molar-refractivity contribution >= 4 is 29.2 Å². The smallest absolute Gasteiger partial charge is 0.349 e. The number of esters is 1. The molecule has 0 radical (unpaired) electrons. The van der Waals surface area contributed by atoms with E-state index in [2.05, 4.69) is 5.32 Å². The van der Waals surface area contributed by atoms with Crippen LogP contribution in [0.4, 0.5) is 5.69 Å². The fourth-order valence-corrected chi connectivity index (χ4v) is 3.14. The summed E-state index contributed by atoms with van der Waals surface area (Å²) >= 11 is 6.14. The Morgan fingerprint density at radius 1 is 0.839 bits per heavy atom. The third-order valence-electron chi connectivity index (χ3n) is 4.76. The molecule has 0 spiro atoms. The van der Waals surface area contributed by atoms with Crippen molar-refractivity contribution in [1.82, 2.24) is 0 Å². The number of aryl methyl sites for hydroxylation is 4. The first-order valence-electron chi connectivity index (χ1n) is 9.82. The molecule has 6 heteroatoms. The van der Waals surface area contributed by atoms with Gasteiger partial charge in [-0.05, 0) is 92.4 Å². The lowest BCUT2D eigenvalue weighted by Gasteiger charge is -2.11. The Bertz CT molecular complexity index is 1100. The quantitative estimate of drug-likeness (QED) is 0.390. The number of halogens is 1. The molecule has 160 valence electrons. The highest BCUT2D eigenvalue weighted by Crippen LogP contribution is 2.26. The zero-order valence-electron chi connectivity index (χ0n) is 17.9. The monoisotopic (exact) mass is 437 g/mol. The predicted octanol–water partition coefficient (Wildman–Crippen LogP) is 5.81. The van der Waals surface area contributed by atoms with E-state index in [1.807, 2.05) is 45.9 Å². The second kappa shape index (κ2) is 9.67. The van der Waals surface area contributed by atoms with Gasteiger partial charge in [-0.2, -0.15) is 0 Å². The SMILES string of the molecule is Cc1ccc(C)c(NC(=O)c2ccc(OC(=O)COc3cc(C)c(Cl)c(C)c3)cc2)c1. The van der Waals surface area contributed by atoms with Crippen molar-refractivity contribution in [3.8, 4) is 11.5 Å². The molecule has 0 saturated carbocycles. The summed E-state index contributed by atoms with van der Waals surface area (Å²) in [7, 11) is 0. The van der Waals surface area contributed by atoms with Gasteiger partial charge in [0.1, 0.15) is 11.5 Å². The van der Waals surface area contributed by atoms with Gasteiger partial charge in [-0.3, -0.25) is 4.79 Å². The summed E-state index contributed by atoms with van der Waals surface area (Å²) in [6.07, 6.45) is 0. The van der Waals surface area contributed by atoms with E-state index in [9.17, 15) is 9.59 Å². The number of amides is 1. The number of hydrogen-bond acceptors (Lipinski definition) is 4. The van der Waals surface area contributed by atoms with Gasteiger partial charge in [0.05, 0.1) is 0 Å². The average Bonchev–Trinajstić information content (AvgIpc) is 2.73. The van der Waals surface area contributed by atoms with Crippen LogP contribution in [-0.4, -0.2) is 18.5 Å². The number of benzene rings is 3. The predicted molar refractivity (Wildman–Crippen MR) is 122 cm³/mol. The van der Waals surface area contributed by atoms with Crippen molar-refractivity contribution < 1.29 is 19.1 Å². The third-order valence-corrected chi connectivity index (χ3v) is 5.35. The van der Waals surface area contributed by atoms with Gasteiger partial charge in [0.15, 0.2) is 6.61 Å². The number of rotatable bonds is 6. The molecule has 1 N–H and O–H groups in total. The Morgan fingerprint density at radius 2 is 1.48 bits per heavy atom.